The van der Waals surface area contributed by atoms with Gasteiger partial charge in [0, 0.05) is 12.6 Å². The van der Waals surface area contributed by atoms with Crippen LogP contribution in [0.25, 0.3) is 6.08 Å². The number of ether oxygens (including phenoxy) is 2. The Kier molecular flexibility index (Phi) is 6.04. The minimum Gasteiger partial charge on any atom is -0.493 e. The van der Waals surface area contributed by atoms with Crippen molar-refractivity contribution in [2.45, 2.75) is 6.61 Å². The second-order valence-corrected chi connectivity index (χ2v) is 7.74. The minimum absolute atomic E-state index is 0.0105. The molecule has 0 N–H and O–H groups in total. The van der Waals surface area contributed by atoms with Crippen molar-refractivity contribution in [3.8, 4) is 11.5 Å². The van der Waals surface area contributed by atoms with E-state index in [9.17, 15) is 9.18 Å². The molecule has 0 aromatic heterocycles. The van der Waals surface area contributed by atoms with Gasteiger partial charge in [-0.3, -0.25) is 9.69 Å². The molecule has 2 aromatic carbocycles. The molecule has 1 heterocycles. The van der Waals surface area contributed by atoms with Gasteiger partial charge in [-0.1, -0.05) is 53.8 Å². The topological polar surface area (TPSA) is 38.8 Å². The number of hydrogen-bond acceptors (Lipinski definition) is 5. The molecule has 8 heteroatoms. The van der Waals surface area contributed by atoms with Crippen molar-refractivity contribution in [3.63, 3.8) is 0 Å². The van der Waals surface area contributed by atoms with Crippen LogP contribution in [0.5, 0.6) is 11.5 Å². The minimum atomic E-state index is -0.356. The molecule has 1 fully saturated rings. The number of carbonyl (C=O) groups is 1. The van der Waals surface area contributed by atoms with Crippen LogP contribution in [0.3, 0.4) is 0 Å². The molecule has 3 rings (SSSR count). The Morgan fingerprint density at radius 3 is 2.70 bits per heavy atom. The van der Waals surface area contributed by atoms with E-state index in [1.54, 1.807) is 43.5 Å². The Hall–Kier alpha value is -2.09. The summed E-state index contributed by atoms with van der Waals surface area (Å²) >= 11 is 12.7. The lowest BCUT2D eigenvalue weighted by molar-refractivity contribution is -0.121. The fraction of sp³-hybridized carbons (Fsp3) is 0.158. The molecule has 0 aliphatic carbocycles. The molecule has 1 amide bonds. The quantitative estimate of drug-likeness (QED) is 0.505. The maximum absolute atomic E-state index is 13.8. The van der Waals surface area contributed by atoms with E-state index >= 15 is 0 Å². The highest BCUT2D eigenvalue weighted by molar-refractivity contribution is 8.26. The van der Waals surface area contributed by atoms with Gasteiger partial charge in [0.2, 0.25) is 0 Å². The molecule has 1 aliphatic heterocycles. The maximum atomic E-state index is 13.8. The van der Waals surface area contributed by atoms with Crippen LogP contribution in [-0.2, 0) is 11.4 Å². The summed E-state index contributed by atoms with van der Waals surface area (Å²) in [4.78, 5) is 14.1. The molecule has 140 valence electrons. The number of thioether (sulfide) groups is 1. The number of rotatable bonds is 5. The van der Waals surface area contributed by atoms with Crippen LogP contribution in [0.15, 0.2) is 41.3 Å². The first-order valence-electron chi connectivity index (χ1n) is 7.86. The molecule has 0 saturated carbocycles. The van der Waals surface area contributed by atoms with Crippen LogP contribution in [0, 0.1) is 5.82 Å². The Bertz CT molecular complexity index is 949. The molecule has 0 unspecified atom stereocenters. The smallest absolute Gasteiger partial charge is 0.265 e. The zero-order chi connectivity index (χ0) is 19.6. The summed E-state index contributed by atoms with van der Waals surface area (Å²) < 4.78 is 25.3. The average Bonchev–Trinajstić information content (AvgIpc) is 2.88. The van der Waals surface area contributed by atoms with E-state index in [0.717, 1.165) is 0 Å². The lowest BCUT2D eigenvalue weighted by Crippen LogP contribution is -2.22. The van der Waals surface area contributed by atoms with E-state index in [1.165, 1.54) is 29.8 Å². The van der Waals surface area contributed by atoms with Crippen LogP contribution in [-0.4, -0.2) is 29.3 Å². The van der Waals surface area contributed by atoms with Crippen molar-refractivity contribution in [1.29, 1.82) is 0 Å². The van der Waals surface area contributed by atoms with Gasteiger partial charge in [-0.15, -0.1) is 0 Å². The van der Waals surface area contributed by atoms with Gasteiger partial charge in [-0.05, 0) is 29.8 Å². The first-order valence-corrected chi connectivity index (χ1v) is 9.46. The SMILES string of the molecule is COc1cc(C=C2SC(=S)N(C)C2=O)cc(Cl)c1OCc1ccccc1F. The number of benzene rings is 2. The van der Waals surface area contributed by atoms with E-state index in [1.807, 2.05) is 0 Å². The van der Waals surface area contributed by atoms with Crippen molar-refractivity contribution < 1.29 is 18.7 Å². The molecule has 0 atom stereocenters. The highest BCUT2D eigenvalue weighted by Gasteiger charge is 2.28. The fourth-order valence-corrected chi connectivity index (χ4v) is 3.88. The van der Waals surface area contributed by atoms with Crippen molar-refractivity contribution in [3.05, 3.63) is 63.3 Å². The van der Waals surface area contributed by atoms with E-state index in [2.05, 4.69) is 0 Å². The van der Waals surface area contributed by atoms with E-state index in [4.69, 9.17) is 33.3 Å². The highest BCUT2D eigenvalue weighted by Crippen LogP contribution is 2.39. The molecule has 2 aromatic rings. The molecular formula is C19H15ClFNO3S2. The van der Waals surface area contributed by atoms with Gasteiger partial charge in [-0.25, -0.2) is 4.39 Å². The summed E-state index contributed by atoms with van der Waals surface area (Å²) in [6.07, 6.45) is 1.69. The first-order chi connectivity index (χ1) is 12.9. The summed E-state index contributed by atoms with van der Waals surface area (Å²) in [5.74, 6) is 0.172. The van der Waals surface area contributed by atoms with Gasteiger partial charge in [0.15, 0.2) is 11.5 Å². The Balaban J connectivity index is 1.87. The van der Waals surface area contributed by atoms with Crippen molar-refractivity contribution in [2.24, 2.45) is 0 Å². The molecule has 1 aliphatic rings. The van der Waals surface area contributed by atoms with Crippen LogP contribution < -0.4 is 9.47 Å². The van der Waals surface area contributed by atoms with Crippen LogP contribution in [0.4, 0.5) is 4.39 Å². The number of likely N-dealkylation sites (N-methyl/N-ethyl adjacent to an activating group) is 1. The number of amides is 1. The highest BCUT2D eigenvalue weighted by atomic mass is 35.5. The summed E-state index contributed by atoms with van der Waals surface area (Å²) in [5, 5.41) is 0.295. The normalized spacial score (nSPS) is 15.6. The van der Waals surface area contributed by atoms with Gasteiger partial charge in [-0.2, -0.15) is 0 Å². The maximum Gasteiger partial charge on any atom is 0.265 e. The van der Waals surface area contributed by atoms with E-state index < -0.39 is 0 Å². The largest absolute Gasteiger partial charge is 0.493 e. The monoisotopic (exact) mass is 423 g/mol. The molecule has 4 nitrogen and oxygen atoms in total. The zero-order valence-corrected chi connectivity index (χ0v) is 16.9. The number of hydrogen-bond donors (Lipinski definition) is 0. The van der Waals surface area contributed by atoms with Gasteiger partial charge in [0.05, 0.1) is 17.0 Å². The molecule has 0 radical (unpaired) electrons. The van der Waals surface area contributed by atoms with Gasteiger partial charge >= 0.3 is 0 Å². The van der Waals surface area contributed by atoms with Crippen molar-refractivity contribution in [2.75, 3.05) is 14.2 Å². The van der Waals surface area contributed by atoms with Crippen LogP contribution in [0.1, 0.15) is 11.1 Å². The number of nitrogens with zero attached hydrogens (tertiary/aromatic N) is 1. The Morgan fingerprint density at radius 2 is 2.07 bits per heavy atom. The predicted octanol–water partition coefficient (Wildman–Crippen LogP) is 4.90. The molecule has 1 saturated heterocycles. The average molecular weight is 424 g/mol. The summed E-state index contributed by atoms with van der Waals surface area (Å²) in [5.41, 5.74) is 1.08. The third kappa shape index (κ3) is 4.26. The standard InChI is InChI=1S/C19H15ClFNO3S2/c1-22-18(23)16(27-19(22)26)9-11-7-13(20)17(15(8-11)24-2)25-10-12-5-3-4-6-14(12)21/h3-9H,10H2,1-2H3. The Morgan fingerprint density at radius 1 is 1.33 bits per heavy atom. The van der Waals surface area contributed by atoms with Gasteiger partial charge < -0.3 is 9.47 Å². The number of carbonyl (C=O) groups excluding carboxylic acids is 1. The van der Waals surface area contributed by atoms with Gasteiger partial charge in [0.25, 0.3) is 5.91 Å². The summed E-state index contributed by atoms with van der Waals surface area (Å²) in [6.45, 7) is 0.0105. The molecule has 0 bridgehead atoms. The van der Waals surface area contributed by atoms with Crippen molar-refractivity contribution >= 4 is 51.9 Å². The molecule has 0 spiro atoms. The third-order valence-corrected chi connectivity index (χ3v) is 5.63. The number of thiocarbonyl (C=S) groups is 1. The lowest BCUT2D eigenvalue weighted by Gasteiger charge is -2.14. The second-order valence-electron chi connectivity index (χ2n) is 5.65. The zero-order valence-electron chi connectivity index (χ0n) is 14.5. The molecule has 27 heavy (non-hydrogen) atoms. The van der Waals surface area contributed by atoms with E-state index in [-0.39, 0.29) is 18.3 Å². The van der Waals surface area contributed by atoms with Crippen LogP contribution in [0.2, 0.25) is 5.02 Å². The van der Waals surface area contributed by atoms with Crippen LogP contribution >= 0.6 is 35.6 Å². The summed E-state index contributed by atoms with van der Waals surface area (Å²) in [7, 11) is 3.11. The number of methoxy groups -OCH3 is 1. The Labute approximate surface area is 170 Å². The lowest BCUT2D eigenvalue weighted by atomic mass is 10.1. The first kappa shape index (κ1) is 19.7. The van der Waals surface area contributed by atoms with Gasteiger partial charge in [0.1, 0.15) is 16.7 Å². The fourth-order valence-electron chi connectivity index (χ4n) is 2.43. The summed E-state index contributed by atoms with van der Waals surface area (Å²) in [6, 6.07) is 9.70. The molecular weight excluding hydrogens is 409 g/mol. The van der Waals surface area contributed by atoms with E-state index in [0.29, 0.717) is 36.9 Å². The van der Waals surface area contributed by atoms with Crippen molar-refractivity contribution in [1.82, 2.24) is 4.90 Å². The third-order valence-electron chi connectivity index (χ3n) is 3.87. The predicted molar refractivity (Wildman–Crippen MR) is 110 cm³/mol. The second kappa shape index (κ2) is 8.29. The number of halogens is 2.